The lowest BCUT2D eigenvalue weighted by molar-refractivity contribution is -0.0376. The number of nitrogens with zero attached hydrogens (tertiary/aromatic N) is 4. The summed E-state index contributed by atoms with van der Waals surface area (Å²) in [6, 6.07) is 13.9. The fraction of sp³-hybridized carbons (Fsp3) is 0.424. The van der Waals surface area contributed by atoms with E-state index in [9.17, 15) is 9.18 Å². The van der Waals surface area contributed by atoms with Crippen LogP contribution >= 0.6 is 11.6 Å². The maximum Gasteiger partial charge on any atom is 0.338 e. The number of benzene rings is 2. The maximum atomic E-state index is 14.2. The SMILES string of the molecule is COC(=O)c1cc(OC2CC(OC)C2)c2nc(CN3CCC(c4cccc(OCc5ccc(Cl)cc5F)n4)CC3)n(C)c2c1. The van der Waals surface area contributed by atoms with Crippen molar-refractivity contribution in [2.75, 3.05) is 27.3 Å². The topological polar surface area (TPSA) is 87.9 Å². The van der Waals surface area contributed by atoms with Gasteiger partial charge in [-0.15, -0.1) is 0 Å². The third-order valence-corrected chi connectivity index (χ3v) is 8.89. The highest BCUT2D eigenvalue weighted by atomic mass is 35.5. The van der Waals surface area contributed by atoms with E-state index in [0.717, 1.165) is 61.3 Å². The first-order valence-corrected chi connectivity index (χ1v) is 15.2. The highest BCUT2D eigenvalue weighted by Crippen LogP contribution is 2.35. The largest absolute Gasteiger partial charge is 0.488 e. The molecule has 0 bridgehead atoms. The molecule has 1 aliphatic heterocycles. The molecule has 0 radical (unpaired) electrons. The number of carbonyl (C=O) groups excluding carboxylic acids is 1. The molecule has 2 aromatic carbocycles. The molecule has 11 heteroatoms. The summed E-state index contributed by atoms with van der Waals surface area (Å²) >= 11 is 5.86. The molecule has 1 saturated heterocycles. The van der Waals surface area contributed by atoms with E-state index in [0.29, 0.717) is 40.2 Å². The number of rotatable bonds is 10. The Morgan fingerprint density at radius 2 is 1.84 bits per heavy atom. The predicted octanol–water partition coefficient (Wildman–Crippen LogP) is 6.06. The van der Waals surface area contributed by atoms with Crippen LogP contribution in [0.2, 0.25) is 5.02 Å². The molecule has 1 aliphatic carbocycles. The Labute approximate surface area is 260 Å². The van der Waals surface area contributed by atoms with Crippen molar-refractivity contribution in [3.8, 4) is 11.6 Å². The highest BCUT2D eigenvalue weighted by molar-refractivity contribution is 6.30. The number of fused-ring (bicyclic) bond motifs is 1. The Morgan fingerprint density at radius 1 is 1.05 bits per heavy atom. The van der Waals surface area contributed by atoms with Crippen molar-refractivity contribution in [2.45, 2.75) is 57.0 Å². The highest BCUT2D eigenvalue weighted by Gasteiger charge is 2.32. The van der Waals surface area contributed by atoms with Crippen molar-refractivity contribution in [3.05, 3.63) is 82.0 Å². The van der Waals surface area contributed by atoms with Gasteiger partial charge in [-0.1, -0.05) is 23.7 Å². The number of hydrogen-bond acceptors (Lipinski definition) is 8. The van der Waals surface area contributed by atoms with Gasteiger partial charge in [0.25, 0.3) is 0 Å². The van der Waals surface area contributed by atoms with E-state index in [1.54, 1.807) is 31.4 Å². The van der Waals surface area contributed by atoms with Crippen molar-refractivity contribution in [1.29, 1.82) is 0 Å². The first-order chi connectivity index (χ1) is 21.3. The van der Waals surface area contributed by atoms with Gasteiger partial charge in [-0.05, 0) is 56.3 Å². The molecule has 0 N–H and O–H groups in total. The Hall–Kier alpha value is -3.73. The smallest absolute Gasteiger partial charge is 0.338 e. The summed E-state index contributed by atoms with van der Waals surface area (Å²) in [7, 11) is 5.06. The summed E-state index contributed by atoms with van der Waals surface area (Å²) in [6.45, 7) is 2.52. The summed E-state index contributed by atoms with van der Waals surface area (Å²) in [5, 5.41) is 0.352. The van der Waals surface area contributed by atoms with Crippen LogP contribution in [0.15, 0.2) is 48.5 Å². The zero-order valence-electron chi connectivity index (χ0n) is 25.1. The first-order valence-electron chi connectivity index (χ1n) is 14.8. The molecular formula is C33H36ClFN4O5. The molecule has 2 aliphatic rings. The van der Waals surface area contributed by atoms with Crippen LogP contribution in [0, 0.1) is 5.82 Å². The molecule has 0 spiro atoms. The molecule has 9 nitrogen and oxygen atoms in total. The number of hydrogen-bond donors (Lipinski definition) is 0. The fourth-order valence-corrected chi connectivity index (χ4v) is 6.03. The van der Waals surface area contributed by atoms with Crippen LogP contribution < -0.4 is 9.47 Å². The number of halogens is 2. The Kier molecular flexibility index (Phi) is 9.02. The molecule has 2 fully saturated rings. The van der Waals surface area contributed by atoms with Gasteiger partial charge in [0.2, 0.25) is 5.88 Å². The molecule has 6 rings (SSSR count). The van der Waals surface area contributed by atoms with Gasteiger partial charge in [-0.2, -0.15) is 0 Å². The van der Waals surface area contributed by atoms with Gasteiger partial charge >= 0.3 is 5.97 Å². The van der Waals surface area contributed by atoms with Crippen LogP contribution in [0.3, 0.4) is 0 Å². The number of imidazole rings is 1. The second-order valence-corrected chi connectivity index (χ2v) is 11.9. The number of pyridine rings is 1. The number of aromatic nitrogens is 3. The van der Waals surface area contributed by atoms with E-state index in [1.807, 2.05) is 29.8 Å². The molecule has 4 aromatic rings. The molecular weight excluding hydrogens is 587 g/mol. The Balaban J connectivity index is 1.11. The minimum Gasteiger partial charge on any atom is -0.488 e. The third kappa shape index (κ3) is 6.52. The molecule has 3 heterocycles. The Bertz CT molecular complexity index is 1650. The number of esters is 1. The third-order valence-electron chi connectivity index (χ3n) is 8.65. The summed E-state index contributed by atoms with van der Waals surface area (Å²) in [5.41, 5.74) is 3.41. The molecule has 0 amide bonds. The number of methoxy groups -OCH3 is 2. The molecule has 0 unspecified atom stereocenters. The fourth-order valence-electron chi connectivity index (χ4n) is 5.87. The van der Waals surface area contributed by atoms with E-state index in [1.165, 1.54) is 13.2 Å². The van der Waals surface area contributed by atoms with E-state index in [4.69, 9.17) is 40.5 Å². The van der Waals surface area contributed by atoms with Crippen LogP contribution in [0.4, 0.5) is 4.39 Å². The minimum atomic E-state index is -0.412. The Morgan fingerprint density at radius 3 is 2.57 bits per heavy atom. The lowest BCUT2D eigenvalue weighted by Gasteiger charge is -2.34. The number of ether oxygens (including phenoxy) is 4. The van der Waals surface area contributed by atoms with Crippen molar-refractivity contribution in [3.63, 3.8) is 0 Å². The average molecular weight is 623 g/mol. The lowest BCUT2D eigenvalue weighted by Crippen LogP contribution is -2.38. The molecule has 1 saturated carbocycles. The zero-order valence-corrected chi connectivity index (χ0v) is 25.8. The van der Waals surface area contributed by atoms with Crippen LogP contribution in [-0.2, 0) is 29.7 Å². The van der Waals surface area contributed by atoms with Gasteiger partial charge in [0.1, 0.15) is 35.6 Å². The molecule has 0 atom stereocenters. The van der Waals surface area contributed by atoms with E-state index < -0.39 is 11.8 Å². The zero-order chi connectivity index (χ0) is 30.8. The van der Waals surface area contributed by atoms with E-state index >= 15 is 0 Å². The van der Waals surface area contributed by atoms with Crippen LogP contribution in [0.5, 0.6) is 11.6 Å². The summed E-state index contributed by atoms with van der Waals surface area (Å²) in [6.07, 6.45) is 3.71. The van der Waals surface area contributed by atoms with Gasteiger partial charge in [-0.3, -0.25) is 4.90 Å². The monoisotopic (exact) mass is 622 g/mol. The molecule has 232 valence electrons. The summed E-state index contributed by atoms with van der Waals surface area (Å²) < 4.78 is 38.7. The summed E-state index contributed by atoms with van der Waals surface area (Å²) in [5.74, 6) is 1.45. The van der Waals surface area contributed by atoms with Gasteiger partial charge in [0.15, 0.2) is 0 Å². The van der Waals surface area contributed by atoms with E-state index in [-0.39, 0.29) is 18.8 Å². The van der Waals surface area contributed by atoms with Crippen molar-refractivity contribution in [2.24, 2.45) is 7.05 Å². The van der Waals surface area contributed by atoms with Crippen molar-refractivity contribution >= 4 is 28.6 Å². The second kappa shape index (κ2) is 13.1. The van der Waals surface area contributed by atoms with Gasteiger partial charge in [0, 0.05) is 55.3 Å². The lowest BCUT2D eigenvalue weighted by atomic mass is 9.92. The molecule has 44 heavy (non-hydrogen) atoms. The van der Waals surface area contributed by atoms with Crippen molar-refractivity contribution < 1.29 is 28.1 Å². The van der Waals surface area contributed by atoms with Gasteiger partial charge < -0.3 is 23.5 Å². The summed E-state index contributed by atoms with van der Waals surface area (Å²) in [4.78, 5) is 24.5. The number of piperidine rings is 1. The number of likely N-dealkylation sites (tertiary alicyclic amines) is 1. The quantitative estimate of drug-likeness (QED) is 0.197. The normalized spacial score (nSPS) is 19.1. The van der Waals surface area contributed by atoms with E-state index in [2.05, 4.69) is 4.90 Å². The second-order valence-electron chi connectivity index (χ2n) is 11.5. The predicted molar refractivity (Wildman–Crippen MR) is 164 cm³/mol. The van der Waals surface area contributed by atoms with Crippen LogP contribution in [0.25, 0.3) is 11.0 Å². The van der Waals surface area contributed by atoms with Crippen LogP contribution in [-0.4, -0.2) is 64.9 Å². The number of aryl methyl sites for hydroxylation is 1. The minimum absolute atomic E-state index is 0.0247. The molecule has 2 aromatic heterocycles. The van der Waals surface area contributed by atoms with Gasteiger partial charge in [-0.25, -0.2) is 19.2 Å². The number of carbonyl (C=O) groups is 1. The van der Waals surface area contributed by atoms with Crippen LogP contribution in [0.1, 0.15) is 59.0 Å². The average Bonchev–Trinajstić information content (AvgIpc) is 3.33. The standard InChI is InChI=1S/C33H36ClFN4O5/c1-38-28-13-22(33(40)42-3)14-29(44-25-16-24(17-25)41-2)32(28)37-30(38)18-39-11-9-20(10-12-39)27-5-4-6-31(36-27)43-19-21-7-8-23(34)15-26(21)35/h4-8,13-15,20,24-25H,9-12,16-19H2,1-3H3. The van der Waals surface area contributed by atoms with Gasteiger partial charge in [0.05, 0.1) is 30.8 Å². The first kappa shape index (κ1) is 30.3. The van der Waals surface area contributed by atoms with Crippen molar-refractivity contribution in [1.82, 2.24) is 19.4 Å². The maximum absolute atomic E-state index is 14.2.